The number of aliphatic carboxylic acids is 7. The number of hydrogen-bond donors (Lipinski definition) is 8. The van der Waals surface area contributed by atoms with Gasteiger partial charge in [0.25, 0.3) is 0 Å². The van der Waals surface area contributed by atoms with Crippen LogP contribution in [0.25, 0.3) is 0 Å². The van der Waals surface area contributed by atoms with Crippen LogP contribution in [-0.2, 0) is 33.6 Å². The summed E-state index contributed by atoms with van der Waals surface area (Å²) in [5, 5.41) is 75.1. The van der Waals surface area contributed by atoms with Crippen LogP contribution >= 0.6 is 0 Å². The van der Waals surface area contributed by atoms with Gasteiger partial charge in [-0.2, -0.15) is 0 Å². The monoisotopic (exact) mass is 880 g/mol. The van der Waals surface area contributed by atoms with Crippen molar-refractivity contribution in [3.8, 4) is 0 Å². The van der Waals surface area contributed by atoms with Crippen LogP contribution in [0.2, 0.25) is 0 Å². The SMILES string of the molecule is CC1=C2N/C(=C\C3=NC(=C(/C)C4=N[C@H]([C@H](CC(=O)O)[C@@]4(C)CCC(=O)O)[C@]4(C)N=C1[C@@H](CCC(=O)O)[C@]4(C)CC(=O)O)/[C@@H](CCC(=O)O)C3(C)C)[C@@H](CCC(=O)O)[C@]2(C)CC(=O)O. The van der Waals surface area contributed by atoms with Crippen LogP contribution in [0.1, 0.15) is 126 Å². The Kier molecular flexibility index (Phi) is 13.1. The molecule has 5 rings (SSSR count). The highest BCUT2D eigenvalue weighted by atomic mass is 16.4. The Morgan fingerprint density at radius 3 is 1.67 bits per heavy atom. The van der Waals surface area contributed by atoms with E-state index >= 15 is 0 Å². The lowest BCUT2D eigenvalue weighted by molar-refractivity contribution is -0.143. The highest BCUT2D eigenvalue weighted by Crippen LogP contribution is 2.62. The lowest BCUT2D eigenvalue weighted by Crippen LogP contribution is -2.55. The Morgan fingerprint density at radius 2 is 1.16 bits per heavy atom. The molecule has 0 amide bonds. The number of carboxylic acid groups (broad SMARTS) is 7. The fourth-order valence-corrected chi connectivity index (χ4v) is 11.8. The number of rotatable bonds is 18. The third-order valence-corrected chi connectivity index (χ3v) is 15.3. The number of allylic oxidation sites excluding steroid dienone is 6. The maximum Gasteiger partial charge on any atom is 0.304 e. The molecule has 5 aliphatic heterocycles. The van der Waals surface area contributed by atoms with Gasteiger partial charge in [0.2, 0.25) is 0 Å². The molecule has 344 valence electrons. The van der Waals surface area contributed by atoms with Crippen molar-refractivity contribution in [3.63, 3.8) is 0 Å². The predicted octanol–water partition coefficient (Wildman–Crippen LogP) is 5.92. The van der Waals surface area contributed by atoms with E-state index in [1.807, 2.05) is 13.8 Å². The molecule has 18 heteroatoms. The van der Waals surface area contributed by atoms with Crippen molar-refractivity contribution in [1.29, 1.82) is 0 Å². The fourth-order valence-electron chi connectivity index (χ4n) is 11.8. The molecule has 0 aromatic heterocycles. The molecule has 8 N–H and O–H groups in total. The molecule has 0 aromatic rings. The maximum absolute atomic E-state index is 13.1. The lowest BCUT2D eigenvalue weighted by atomic mass is 9.55. The first kappa shape index (κ1) is 48.4. The number of hydrogen-bond acceptors (Lipinski definition) is 11. The predicted molar refractivity (Wildman–Crippen MR) is 227 cm³/mol. The van der Waals surface area contributed by atoms with Gasteiger partial charge in [-0.15, -0.1) is 0 Å². The van der Waals surface area contributed by atoms with E-state index < -0.39 is 131 Å². The first-order valence-electron chi connectivity index (χ1n) is 21.3. The summed E-state index contributed by atoms with van der Waals surface area (Å²) in [4.78, 5) is 104. The average Bonchev–Trinajstić information content (AvgIpc) is 3.75. The van der Waals surface area contributed by atoms with Crippen molar-refractivity contribution in [2.24, 2.45) is 60.3 Å². The minimum atomic E-state index is -1.63. The summed E-state index contributed by atoms with van der Waals surface area (Å²) in [7, 11) is 0. The van der Waals surface area contributed by atoms with Gasteiger partial charge in [-0.1, -0.05) is 34.6 Å². The zero-order valence-electron chi connectivity index (χ0n) is 37.1. The lowest BCUT2D eigenvalue weighted by Gasteiger charge is -2.48. The third-order valence-electron chi connectivity index (χ3n) is 15.3. The second-order valence-electron chi connectivity index (χ2n) is 19.5. The highest BCUT2D eigenvalue weighted by molar-refractivity contribution is 6.10. The molecule has 0 unspecified atom stereocenters. The number of carboxylic acids is 7. The van der Waals surface area contributed by atoms with Gasteiger partial charge < -0.3 is 41.1 Å². The van der Waals surface area contributed by atoms with Gasteiger partial charge in [-0.3, -0.25) is 48.5 Å². The average molecular weight is 881 g/mol. The van der Waals surface area contributed by atoms with Crippen molar-refractivity contribution in [1.82, 2.24) is 5.32 Å². The number of nitrogens with one attached hydrogen (secondary N) is 1. The molecule has 0 radical (unpaired) electrons. The second-order valence-corrected chi connectivity index (χ2v) is 19.5. The van der Waals surface area contributed by atoms with Crippen LogP contribution < -0.4 is 5.32 Å². The molecule has 5 aliphatic rings. The molecular formula is C45H60N4O14. The molecule has 5 heterocycles. The Bertz CT molecular complexity index is 2220. The number of aliphatic imine (C=N–C) groups is 3. The zero-order chi connectivity index (χ0) is 47.4. The Morgan fingerprint density at radius 1 is 0.635 bits per heavy atom. The molecule has 1 fully saturated rings. The number of carbonyl (C=O) groups is 7. The van der Waals surface area contributed by atoms with E-state index in [0.29, 0.717) is 39.7 Å². The summed E-state index contributed by atoms with van der Waals surface area (Å²) in [6, 6.07) is -1.15. The summed E-state index contributed by atoms with van der Waals surface area (Å²) in [6.07, 6.45) is -1.45. The molecular weight excluding hydrogens is 821 g/mol. The molecule has 8 bridgehead atoms. The first-order valence-corrected chi connectivity index (χ1v) is 21.3. The van der Waals surface area contributed by atoms with Crippen molar-refractivity contribution < 1.29 is 69.3 Å². The van der Waals surface area contributed by atoms with E-state index in [2.05, 4.69) is 5.32 Å². The molecule has 0 aliphatic carbocycles. The van der Waals surface area contributed by atoms with Gasteiger partial charge in [0.1, 0.15) is 0 Å². The second kappa shape index (κ2) is 17.1. The molecule has 18 nitrogen and oxygen atoms in total. The van der Waals surface area contributed by atoms with Gasteiger partial charge in [-0.05, 0) is 63.7 Å². The molecule has 0 aromatic carbocycles. The minimum absolute atomic E-state index is 0.0202. The van der Waals surface area contributed by atoms with E-state index in [-0.39, 0.29) is 44.2 Å². The zero-order valence-corrected chi connectivity index (χ0v) is 37.1. The number of fused-ring (bicyclic) bond motifs is 6. The largest absolute Gasteiger partial charge is 0.481 e. The quantitative estimate of drug-likeness (QED) is 0.0792. The molecule has 0 spiro atoms. The molecule has 63 heavy (non-hydrogen) atoms. The van der Waals surface area contributed by atoms with Crippen molar-refractivity contribution in [2.45, 2.75) is 138 Å². The van der Waals surface area contributed by atoms with E-state index in [9.17, 15) is 69.3 Å². The smallest absolute Gasteiger partial charge is 0.304 e. The maximum atomic E-state index is 13.1. The standard InChI is InChI=1S/C45H60N4O14/c1-21-36-24(10-13-30(52)53)41(3,4)28(47-36)18-27-23(9-12-29(50)51)43(6,19-34(60)61)39(46-27)22(2)37-25(11-14-31(54)55)44(7,20-35(62)63)45(8,49-37)40-26(17-33(58)59)42(5,38(21)48-40)16-15-32(56)57/h18,23-26,40,46H,9-17,19-20H2,1-8H3,(H,50,51)(H,52,53)(H,54,55)(H,56,57)(H,58,59)(H,60,61)(H,62,63)/b27-18-,36-21-,39-22?/t23-,24-,25-,26+,40-,42-,43+,44+,45+/m1/s1. The van der Waals surface area contributed by atoms with Crippen molar-refractivity contribution in [2.75, 3.05) is 0 Å². The fraction of sp³-hybridized carbons (Fsp3) is 0.644. The van der Waals surface area contributed by atoms with Crippen molar-refractivity contribution in [3.05, 3.63) is 34.3 Å². The summed E-state index contributed by atoms with van der Waals surface area (Å²) < 4.78 is 0. The van der Waals surface area contributed by atoms with Crippen molar-refractivity contribution >= 4 is 58.9 Å². The minimum Gasteiger partial charge on any atom is -0.481 e. The van der Waals surface area contributed by atoms with E-state index in [1.165, 1.54) is 0 Å². The van der Waals surface area contributed by atoms with E-state index in [0.717, 1.165) is 0 Å². The summed E-state index contributed by atoms with van der Waals surface area (Å²) in [5.74, 6) is -11.5. The topological polar surface area (TPSA) is 310 Å². The van der Waals surface area contributed by atoms with Gasteiger partial charge in [0, 0.05) is 105 Å². The normalized spacial score (nSPS) is 35.0. The Labute approximate surface area is 365 Å². The van der Waals surface area contributed by atoms with Crippen LogP contribution in [0.5, 0.6) is 0 Å². The molecule has 0 saturated carbocycles. The van der Waals surface area contributed by atoms with Crippen LogP contribution in [0, 0.1) is 45.3 Å². The van der Waals surface area contributed by atoms with Gasteiger partial charge in [-0.25, -0.2) is 0 Å². The number of nitrogens with zero attached hydrogens (tertiary/aromatic N) is 3. The molecule has 9 atom stereocenters. The van der Waals surface area contributed by atoms with Crippen LogP contribution in [-0.4, -0.2) is 106 Å². The van der Waals surface area contributed by atoms with Crippen LogP contribution in [0.3, 0.4) is 0 Å². The van der Waals surface area contributed by atoms with Gasteiger partial charge >= 0.3 is 41.8 Å². The first-order chi connectivity index (χ1) is 29.0. The van der Waals surface area contributed by atoms with Crippen LogP contribution in [0.4, 0.5) is 0 Å². The van der Waals surface area contributed by atoms with E-state index in [4.69, 9.17) is 15.0 Å². The third kappa shape index (κ3) is 8.56. The van der Waals surface area contributed by atoms with Gasteiger partial charge in [0.15, 0.2) is 0 Å². The Balaban J connectivity index is 2.03. The Hall–Kier alpha value is -5.68. The molecule has 1 saturated heterocycles. The summed E-state index contributed by atoms with van der Waals surface area (Å²) in [5.41, 5.74) is -3.60. The summed E-state index contributed by atoms with van der Waals surface area (Å²) >= 11 is 0. The summed E-state index contributed by atoms with van der Waals surface area (Å²) in [6.45, 7) is 13.9. The van der Waals surface area contributed by atoms with Gasteiger partial charge in [0.05, 0.1) is 30.8 Å². The van der Waals surface area contributed by atoms with Crippen LogP contribution in [0.15, 0.2) is 49.3 Å². The highest BCUT2D eigenvalue weighted by Gasteiger charge is 2.66. The van der Waals surface area contributed by atoms with E-state index in [1.54, 1.807) is 47.6 Å².